The van der Waals surface area contributed by atoms with Gasteiger partial charge >= 0.3 is 0 Å². The Labute approximate surface area is 107 Å². The Bertz CT molecular complexity index is 466. The fourth-order valence-corrected chi connectivity index (χ4v) is 1.51. The Morgan fingerprint density at radius 1 is 1.33 bits per heavy atom. The third-order valence-electron chi connectivity index (χ3n) is 2.40. The van der Waals surface area contributed by atoms with Crippen LogP contribution in [-0.2, 0) is 6.54 Å². The van der Waals surface area contributed by atoms with Gasteiger partial charge in [0, 0.05) is 0 Å². The predicted octanol–water partition coefficient (Wildman–Crippen LogP) is 3.32. The molecule has 4 heteroatoms. The van der Waals surface area contributed by atoms with E-state index in [1.165, 1.54) is 6.39 Å². The third-order valence-corrected chi connectivity index (χ3v) is 2.40. The first-order chi connectivity index (χ1) is 8.75. The van der Waals surface area contributed by atoms with Crippen molar-refractivity contribution in [2.75, 3.05) is 11.9 Å². The Balaban J connectivity index is 1.98. The zero-order valence-electron chi connectivity index (χ0n) is 10.7. The fraction of sp³-hybridized carbons (Fsp3) is 0.357. The number of anilines is 1. The molecule has 1 aromatic heterocycles. The Kier molecular flexibility index (Phi) is 4.23. The number of para-hydroxylation sites is 2. The topological polar surface area (TPSA) is 47.3 Å². The zero-order chi connectivity index (χ0) is 12.8. The lowest BCUT2D eigenvalue weighted by Gasteiger charge is -2.13. The van der Waals surface area contributed by atoms with Gasteiger partial charge < -0.3 is 14.5 Å². The van der Waals surface area contributed by atoms with Crippen LogP contribution in [0.2, 0.25) is 0 Å². The standard InChI is InChI=1S/C14H18N2O2/c1-11(2)9-17-14-6-4-3-5-13(14)16-8-12-7-15-10-18-12/h3-7,10-11,16H,8-9H2,1-2H3. The lowest BCUT2D eigenvalue weighted by Crippen LogP contribution is -2.07. The molecule has 0 amide bonds. The molecule has 0 saturated carbocycles. The minimum absolute atomic E-state index is 0.507. The van der Waals surface area contributed by atoms with Gasteiger partial charge in [-0.1, -0.05) is 26.0 Å². The van der Waals surface area contributed by atoms with E-state index in [0.717, 1.165) is 17.2 Å². The van der Waals surface area contributed by atoms with Crippen LogP contribution in [0.25, 0.3) is 0 Å². The zero-order valence-corrected chi connectivity index (χ0v) is 10.7. The van der Waals surface area contributed by atoms with Crippen LogP contribution in [0.1, 0.15) is 19.6 Å². The van der Waals surface area contributed by atoms with Crippen LogP contribution in [0.3, 0.4) is 0 Å². The van der Waals surface area contributed by atoms with Crippen LogP contribution < -0.4 is 10.1 Å². The second-order valence-corrected chi connectivity index (χ2v) is 4.52. The molecule has 2 aromatic rings. The Morgan fingerprint density at radius 3 is 2.89 bits per heavy atom. The van der Waals surface area contributed by atoms with Crippen molar-refractivity contribution in [3.05, 3.63) is 42.6 Å². The average molecular weight is 246 g/mol. The first-order valence-electron chi connectivity index (χ1n) is 6.09. The predicted molar refractivity (Wildman–Crippen MR) is 70.6 cm³/mol. The van der Waals surface area contributed by atoms with Crippen molar-refractivity contribution < 1.29 is 9.15 Å². The van der Waals surface area contributed by atoms with Crippen molar-refractivity contribution in [3.8, 4) is 5.75 Å². The van der Waals surface area contributed by atoms with Crippen molar-refractivity contribution >= 4 is 5.69 Å². The van der Waals surface area contributed by atoms with Gasteiger partial charge in [0.25, 0.3) is 0 Å². The number of aromatic nitrogens is 1. The van der Waals surface area contributed by atoms with E-state index in [1.54, 1.807) is 6.20 Å². The highest BCUT2D eigenvalue weighted by Crippen LogP contribution is 2.24. The molecule has 96 valence electrons. The molecule has 0 aliphatic heterocycles. The average Bonchev–Trinajstić information content (AvgIpc) is 2.88. The molecule has 1 heterocycles. The van der Waals surface area contributed by atoms with Gasteiger partial charge in [-0.05, 0) is 18.1 Å². The summed E-state index contributed by atoms with van der Waals surface area (Å²) in [6.07, 6.45) is 3.13. The van der Waals surface area contributed by atoms with Crippen molar-refractivity contribution in [3.63, 3.8) is 0 Å². The van der Waals surface area contributed by atoms with E-state index in [-0.39, 0.29) is 0 Å². The SMILES string of the molecule is CC(C)COc1ccccc1NCc1cnco1. The van der Waals surface area contributed by atoms with E-state index in [1.807, 2.05) is 24.3 Å². The first kappa shape index (κ1) is 12.5. The fourth-order valence-electron chi connectivity index (χ4n) is 1.51. The highest BCUT2D eigenvalue weighted by Gasteiger charge is 2.04. The molecule has 0 aliphatic carbocycles. The molecular weight excluding hydrogens is 228 g/mol. The summed E-state index contributed by atoms with van der Waals surface area (Å²) in [5.41, 5.74) is 0.967. The van der Waals surface area contributed by atoms with Crippen molar-refractivity contribution in [1.82, 2.24) is 4.98 Å². The lowest BCUT2D eigenvalue weighted by atomic mass is 10.2. The number of nitrogens with zero attached hydrogens (tertiary/aromatic N) is 1. The molecule has 0 bridgehead atoms. The molecule has 2 rings (SSSR count). The summed E-state index contributed by atoms with van der Waals surface area (Å²) in [6.45, 7) is 5.57. The minimum Gasteiger partial charge on any atom is -0.491 e. The molecule has 0 spiro atoms. The minimum atomic E-state index is 0.507. The number of ether oxygens (including phenoxy) is 1. The van der Waals surface area contributed by atoms with Crippen LogP contribution >= 0.6 is 0 Å². The molecule has 1 aromatic carbocycles. The highest BCUT2D eigenvalue weighted by molar-refractivity contribution is 5.56. The summed E-state index contributed by atoms with van der Waals surface area (Å²) < 4.78 is 10.9. The quantitative estimate of drug-likeness (QED) is 0.849. The summed E-state index contributed by atoms with van der Waals surface area (Å²) in [6, 6.07) is 7.90. The van der Waals surface area contributed by atoms with E-state index < -0.39 is 0 Å². The van der Waals surface area contributed by atoms with E-state index in [9.17, 15) is 0 Å². The number of hydrogen-bond donors (Lipinski definition) is 1. The molecule has 1 N–H and O–H groups in total. The van der Waals surface area contributed by atoms with Gasteiger partial charge in [-0.2, -0.15) is 0 Å². The monoisotopic (exact) mass is 246 g/mol. The maximum atomic E-state index is 5.76. The second kappa shape index (κ2) is 6.10. The first-order valence-corrected chi connectivity index (χ1v) is 6.09. The van der Waals surface area contributed by atoms with Crippen LogP contribution in [0.4, 0.5) is 5.69 Å². The maximum Gasteiger partial charge on any atom is 0.180 e. The Hall–Kier alpha value is -1.97. The maximum absolute atomic E-state index is 5.76. The van der Waals surface area contributed by atoms with Crippen molar-refractivity contribution in [2.24, 2.45) is 5.92 Å². The molecule has 0 unspecified atom stereocenters. The number of benzene rings is 1. The lowest BCUT2D eigenvalue weighted by molar-refractivity contribution is 0.272. The summed E-state index contributed by atoms with van der Waals surface area (Å²) in [4.78, 5) is 3.88. The van der Waals surface area contributed by atoms with Crippen LogP contribution in [0, 0.1) is 5.92 Å². The van der Waals surface area contributed by atoms with Crippen LogP contribution in [0.15, 0.2) is 41.3 Å². The number of nitrogens with one attached hydrogen (secondary N) is 1. The molecule has 0 radical (unpaired) electrons. The third kappa shape index (κ3) is 3.52. The highest BCUT2D eigenvalue weighted by atomic mass is 16.5. The second-order valence-electron chi connectivity index (χ2n) is 4.52. The molecule has 0 aliphatic rings. The van der Waals surface area contributed by atoms with Crippen LogP contribution in [0.5, 0.6) is 5.75 Å². The van der Waals surface area contributed by atoms with Crippen molar-refractivity contribution in [1.29, 1.82) is 0 Å². The van der Waals surface area contributed by atoms with E-state index in [4.69, 9.17) is 9.15 Å². The number of hydrogen-bond acceptors (Lipinski definition) is 4. The van der Waals surface area contributed by atoms with E-state index in [2.05, 4.69) is 24.1 Å². The van der Waals surface area contributed by atoms with Gasteiger partial charge in [0.2, 0.25) is 0 Å². The molecule has 0 fully saturated rings. The molecule has 0 atom stereocenters. The van der Waals surface area contributed by atoms with Crippen LogP contribution in [-0.4, -0.2) is 11.6 Å². The summed E-state index contributed by atoms with van der Waals surface area (Å²) in [5.74, 6) is 2.17. The Morgan fingerprint density at radius 2 is 2.17 bits per heavy atom. The summed E-state index contributed by atoms with van der Waals surface area (Å²) in [5, 5.41) is 3.28. The van der Waals surface area contributed by atoms with Gasteiger partial charge in [-0.25, -0.2) is 4.98 Å². The molecule has 0 saturated heterocycles. The molecule has 18 heavy (non-hydrogen) atoms. The van der Waals surface area contributed by atoms with E-state index >= 15 is 0 Å². The largest absolute Gasteiger partial charge is 0.491 e. The van der Waals surface area contributed by atoms with Gasteiger partial charge in [0.15, 0.2) is 6.39 Å². The number of oxazole rings is 1. The normalized spacial score (nSPS) is 10.6. The molecular formula is C14H18N2O2. The summed E-state index contributed by atoms with van der Waals surface area (Å²) in [7, 11) is 0. The van der Waals surface area contributed by atoms with Gasteiger partial charge in [0.05, 0.1) is 25.0 Å². The van der Waals surface area contributed by atoms with E-state index in [0.29, 0.717) is 19.1 Å². The van der Waals surface area contributed by atoms with Crippen molar-refractivity contribution in [2.45, 2.75) is 20.4 Å². The number of rotatable bonds is 6. The van der Waals surface area contributed by atoms with Gasteiger partial charge in [-0.3, -0.25) is 0 Å². The smallest absolute Gasteiger partial charge is 0.180 e. The van der Waals surface area contributed by atoms with Gasteiger partial charge in [0.1, 0.15) is 11.5 Å². The van der Waals surface area contributed by atoms with Gasteiger partial charge in [-0.15, -0.1) is 0 Å². The summed E-state index contributed by atoms with van der Waals surface area (Å²) >= 11 is 0. The molecule has 4 nitrogen and oxygen atoms in total.